The molecule has 26 heavy (non-hydrogen) atoms. The molecular weight excluding hydrogens is 338 g/mol. The minimum Gasteiger partial charge on any atom is -0.306 e. The highest BCUT2D eigenvalue weighted by Crippen LogP contribution is 2.05. The molecule has 0 saturated carbocycles. The third kappa shape index (κ3) is 13.7. The van der Waals surface area contributed by atoms with Crippen molar-refractivity contribution in [3.63, 3.8) is 0 Å². The molecule has 3 aliphatic heterocycles. The van der Waals surface area contributed by atoms with Crippen LogP contribution in [0.15, 0.2) is 17.5 Å². The van der Waals surface area contributed by atoms with Crippen molar-refractivity contribution in [2.24, 2.45) is 0 Å². The molecule has 0 bridgehead atoms. The summed E-state index contributed by atoms with van der Waals surface area (Å²) in [4.78, 5) is 8.53. The van der Waals surface area contributed by atoms with Gasteiger partial charge in [0.05, 0.1) is 0 Å². The van der Waals surface area contributed by atoms with Gasteiger partial charge in [-0.3, -0.25) is 0 Å². The van der Waals surface area contributed by atoms with E-state index in [1.54, 1.807) is 11.3 Å². The second-order valence-corrected chi connectivity index (χ2v) is 9.11. The molecule has 0 unspecified atom stereocenters. The van der Waals surface area contributed by atoms with Crippen LogP contribution in [0, 0.1) is 6.92 Å². The van der Waals surface area contributed by atoms with Gasteiger partial charge in [0.25, 0.3) is 0 Å². The Morgan fingerprint density at radius 1 is 0.615 bits per heavy atom. The molecule has 0 aliphatic carbocycles. The molecule has 3 aliphatic rings. The van der Waals surface area contributed by atoms with Gasteiger partial charge in [-0.1, -0.05) is 18.9 Å². The van der Waals surface area contributed by atoms with Crippen LogP contribution in [-0.4, -0.2) is 75.1 Å². The predicted molar refractivity (Wildman–Crippen MR) is 118 cm³/mol. The van der Waals surface area contributed by atoms with Crippen LogP contribution < -0.4 is 0 Å². The maximum absolute atomic E-state index is 2.39. The minimum atomic E-state index is 1.32. The lowest BCUT2D eigenvalue weighted by molar-refractivity contribution is 0.277. The number of likely N-dealkylation sites (tertiary alicyclic amines) is 3. The molecular formula is C22H43N3S. The maximum Gasteiger partial charge on any atom is 0.00141 e. The summed E-state index contributed by atoms with van der Waals surface area (Å²) < 4.78 is 0. The van der Waals surface area contributed by atoms with E-state index >= 15 is 0 Å². The van der Waals surface area contributed by atoms with Crippen molar-refractivity contribution in [2.45, 2.75) is 58.3 Å². The van der Waals surface area contributed by atoms with E-state index in [-0.39, 0.29) is 0 Å². The van der Waals surface area contributed by atoms with Crippen LogP contribution in [-0.2, 0) is 0 Å². The summed E-state index contributed by atoms with van der Waals surface area (Å²) in [6, 6.07) is 4.16. The summed E-state index contributed by atoms with van der Waals surface area (Å²) in [5.74, 6) is 0. The molecule has 1 aromatic rings. The Bertz CT molecular complexity index is 374. The Morgan fingerprint density at radius 3 is 1.08 bits per heavy atom. The van der Waals surface area contributed by atoms with Crippen LogP contribution in [0.3, 0.4) is 0 Å². The molecule has 0 amide bonds. The van der Waals surface area contributed by atoms with Crippen molar-refractivity contribution < 1.29 is 0 Å². The molecule has 0 spiro atoms. The number of nitrogens with zero attached hydrogens (tertiary/aromatic N) is 3. The van der Waals surface area contributed by atoms with E-state index in [9.17, 15) is 0 Å². The average Bonchev–Trinajstić information content (AvgIpc) is 3.31. The number of aryl methyl sites for hydroxylation is 1. The zero-order chi connectivity index (χ0) is 19.0. The van der Waals surface area contributed by atoms with E-state index in [1.807, 2.05) is 0 Å². The number of rotatable bonds is 0. The van der Waals surface area contributed by atoms with Gasteiger partial charge in [0.2, 0.25) is 0 Å². The van der Waals surface area contributed by atoms with E-state index in [2.05, 4.69) is 60.3 Å². The largest absolute Gasteiger partial charge is 0.306 e. The van der Waals surface area contributed by atoms with Gasteiger partial charge in [-0.05, 0) is 117 Å². The van der Waals surface area contributed by atoms with Gasteiger partial charge in [-0.15, -0.1) is 11.3 Å². The smallest absolute Gasteiger partial charge is 0.00141 e. The van der Waals surface area contributed by atoms with Crippen molar-refractivity contribution >= 4 is 11.3 Å². The van der Waals surface area contributed by atoms with Crippen molar-refractivity contribution in [1.29, 1.82) is 0 Å². The minimum absolute atomic E-state index is 1.32. The molecule has 0 N–H and O–H groups in total. The van der Waals surface area contributed by atoms with Gasteiger partial charge in [0, 0.05) is 4.88 Å². The zero-order valence-corrected chi connectivity index (χ0v) is 18.7. The monoisotopic (exact) mass is 381 g/mol. The third-order valence-electron chi connectivity index (χ3n) is 5.15. The van der Waals surface area contributed by atoms with Crippen LogP contribution in [0.1, 0.15) is 56.2 Å². The Kier molecular flexibility index (Phi) is 14.2. The summed E-state index contributed by atoms with van der Waals surface area (Å²) in [5, 5.41) is 2.08. The van der Waals surface area contributed by atoms with Crippen LogP contribution in [0.4, 0.5) is 0 Å². The quantitative estimate of drug-likeness (QED) is 0.628. The fourth-order valence-electron chi connectivity index (χ4n) is 3.34. The number of hydrogen-bond donors (Lipinski definition) is 0. The fourth-order valence-corrected chi connectivity index (χ4v) is 3.87. The molecule has 4 heterocycles. The van der Waals surface area contributed by atoms with Gasteiger partial charge in [-0.25, -0.2) is 0 Å². The van der Waals surface area contributed by atoms with Gasteiger partial charge in [0.1, 0.15) is 0 Å². The second kappa shape index (κ2) is 15.6. The Hall–Kier alpha value is -0.420. The molecule has 4 rings (SSSR count). The summed E-state index contributed by atoms with van der Waals surface area (Å²) in [6.45, 7) is 10.0. The standard InChI is InChI=1S/2C6H13N.C5H11N.C5H6S/c2*1-7-5-3-2-4-6-7;1-6-4-2-3-5-6;1-5-3-2-4-6-5/h2*2-6H2,1H3;2-5H2,1H3;2-4H,1H3. The molecule has 3 saturated heterocycles. The first-order chi connectivity index (χ1) is 12.6. The Balaban J connectivity index is 0.000000174. The van der Waals surface area contributed by atoms with Gasteiger partial charge >= 0.3 is 0 Å². The van der Waals surface area contributed by atoms with Gasteiger partial charge < -0.3 is 14.7 Å². The third-order valence-corrected chi connectivity index (χ3v) is 5.95. The molecule has 0 aromatic carbocycles. The first-order valence-corrected chi connectivity index (χ1v) is 11.5. The first-order valence-electron chi connectivity index (χ1n) is 10.6. The average molecular weight is 382 g/mol. The molecule has 3 nitrogen and oxygen atoms in total. The van der Waals surface area contributed by atoms with E-state index in [0.29, 0.717) is 0 Å². The molecule has 1 aromatic heterocycles. The highest BCUT2D eigenvalue weighted by molar-refractivity contribution is 7.09. The highest BCUT2D eigenvalue weighted by atomic mass is 32.1. The zero-order valence-electron chi connectivity index (χ0n) is 17.9. The van der Waals surface area contributed by atoms with E-state index in [0.717, 1.165) is 0 Å². The Morgan fingerprint density at radius 2 is 0.962 bits per heavy atom. The number of hydrogen-bond acceptors (Lipinski definition) is 4. The first kappa shape index (κ1) is 23.6. The van der Waals surface area contributed by atoms with Crippen LogP contribution in [0.2, 0.25) is 0 Å². The molecule has 0 atom stereocenters. The fraction of sp³-hybridized carbons (Fsp3) is 0.818. The maximum atomic E-state index is 2.39. The van der Waals surface area contributed by atoms with Crippen molar-refractivity contribution in [3.8, 4) is 0 Å². The van der Waals surface area contributed by atoms with Gasteiger partial charge in [-0.2, -0.15) is 0 Å². The normalized spacial score (nSPS) is 21.5. The SMILES string of the molecule is CN1CCCC1.CN1CCCCC1.CN1CCCCC1.Cc1cccs1. The second-order valence-electron chi connectivity index (χ2n) is 7.96. The van der Waals surface area contributed by atoms with Crippen LogP contribution in [0.5, 0.6) is 0 Å². The van der Waals surface area contributed by atoms with Crippen LogP contribution in [0.25, 0.3) is 0 Å². The molecule has 152 valence electrons. The molecule has 3 fully saturated rings. The number of thiophene rings is 1. The summed E-state index contributed by atoms with van der Waals surface area (Å²) in [7, 11) is 6.56. The summed E-state index contributed by atoms with van der Waals surface area (Å²) in [5.41, 5.74) is 0. The van der Waals surface area contributed by atoms with Crippen molar-refractivity contribution in [3.05, 3.63) is 22.4 Å². The predicted octanol–water partition coefficient (Wildman–Crippen LogP) is 4.97. The molecule has 4 heteroatoms. The number of piperidine rings is 2. The van der Waals surface area contributed by atoms with Crippen molar-refractivity contribution in [2.75, 3.05) is 60.4 Å². The summed E-state index contributed by atoms with van der Waals surface area (Å²) in [6.07, 6.45) is 11.4. The van der Waals surface area contributed by atoms with E-state index in [4.69, 9.17) is 0 Å². The lowest BCUT2D eigenvalue weighted by Gasteiger charge is -2.20. The summed E-state index contributed by atoms with van der Waals surface area (Å²) >= 11 is 1.78. The van der Waals surface area contributed by atoms with E-state index in [1.165, 1.54) is 95.5 Å². The lowest BCUT2D eigenvalue weighted by Crippen LogP contribution is -2.24. The lowest BCUT2D eigenvalue weighted by atomic mass is 10.1. The van der Waals surface area contributed by atoms with E-state index < -0.39 is 0 Å². The topological polar surface area (TPSA) is 9.72 Å². The van der Waals surface area contributed by atoms with Crippen LogP contribution >= 0.6 is 11.3 Å². The Labute approximate surface area is 167 Å². The molecule has 0 radical (unpaired) electrons. The van der Waals surface area contributed by atoms with Crippen molar-refractivity contribution in [1.82, 2.24) is 14.7 Å². The van der Waals surface area contributed by atoms with Gasteiger partial charge in [0.15, 0.2) is 0 Å². The highest BCUT2D eigenvalue weighted by Gasteiger charge is 2.04.